The average molecular weight is 673 g/mol. The highest BCUT2D eigenvalue weighted by Crippen LogP contribution is 2.40. The van der Waals surface area contributed by atoms with E-state index in [2.05, 4.69) is 171 Å². The van der Waals surface area contributed by atoms with Gasteiger partial charge in [0.15, 0.2) is 0 Å². The minimum atomic E-state index is 0.846. The van der Waals surface area contributed by atoms with E-state index in [0.29, 0.717) is 0 Å². The molecule has 7 aromatic rings. The molecule has 4 heteroatoms. The Morgan fingerprint density at radius 1 is 0.365 bits per heavy atom. The summed E-state index contributed by atoms with van der Waals surface area (Å²) in [5.74, 6) is 0. The maximum Gasteiger partial charge on any atom is 0.0737 e. The summed E-state index contributed by atoms with van der Waals surface area (Å²) in [7, 11) is 0. The molecule has 0 amide bonds. The highest BCUT2D eigenvalue weighted by molar-refractivity contribution is 5.98. The number of H-pyrrole nitrogens is 2. The number of fused-ring (bicyclic) bond motifs is 8. The van der Waals surface area contributed by atoms with E-state index in [1.165, 1.54) is 33.4 Å². The van der Waals surface area contributed by atoms with Crippen molar-refractivity contribution >= 4 is 34.2 Å². The molecule has 52 heavy (non-hydrogen) atoms. The molecule has 9 rings (SSSR count). The predicted molar refractivity (Wildman–Crippen MR) is 218 cm³/mol. The van der Waals surface area contributed by atoms with E-state index in [1.807, 2.05) is 0 Å². The number of aromatic amines is 2. The van der Waals surface area contributed by atoms with Crippen molar-refractivity contribution in [3.8, 4) is 44.5 Å². The molecule has 2 aliphatic heterocycles. The zero-order valence-corrected chi connectivity index (χ0v) is 30.0. The van der Waals surface area contributed by atoms with E-state index < -0.39 is 0 Å². The number of nitrogens with one attached hydrogen (secondary N) is 2. The van der Waals surface area contributed by atoms with Crippen molar-refractivity contribution in [2.75, 3.05) is 0 Å². The van der Waals surface area contributed by atoms with Crippen molar-refractivity contribution in [2.45, 2.75) is 40.5 Å². The van der Waals surface area contributed by atoms with Gasteiger partial charge in [-0.05, 0) is 121 Å². The lowest BCUT2D eigenvalue weighted by Crippen LogP contribution is -1.92. The van der Waals surface area contributed by atoms with Crippen molar-refractivity contribution in [1.82, 2.24) is 19.9 Å². The van der Waals surface area contributed by atoms with E-state index in [0.717, 1.165) is 91.1 Å². The number of aryl methyl sites for hydroxylation is 6. The molecular formula is C48H40N4. The van der Waals surface area contributed by atoms with E-state index in [1.54, 1.807) is 0 Å². The zero-order valence-electron chi connectivity index (χ0n) is 30.0. The second kappa shape index (κ2) is 12.8. The first-order chi connectivity index (χ1) is 25.4. The molecule has 252 valence electrons. The van der Waals surface area contributed by atoms with Gasteiger partial charge < -0.3 is 9.97 Å². The van der Waals surface area contributed by atoms with Gasteiger partial charge in [0.25, 0.3) is 0 Å². The first-order valence-electron chi connectivity index (χ1n) is 18.1. The second-order valence-corrected chi connectivity index (χ2v) is 14.1. The Morgan fingerprint density at radius 3 is 1.02 bits per heavy atom. The van der Waals surface area contributed by atoms with Gasteiger partial charge in [-0.3, -0.25) is 4.98 Å². The number of benzene rings is 4. The van der Waals surface area contributed by atoms with Crippen LogP contribution < -0.4 is 0 Å². The fourth-order valence-corrected chi connectivity index (χ4v) is 8.06. The van der Waals surface area contributed by atoms with Crippen molar-refractivity contribution < 1.29 is 0 Å². The van der Waals surface area contributed by atoms with Crippen molar-refractivity contribution in [1.29, 1.82) is 0 Å². The van der Waals surface area contributed by atoms with Gasteiger partial charge >= 0.3 is 0 Å². The van der Waals surface area contributed by atoms with Crippen LogP contribution in [0.2, 0.25) is 0 Å². The Balaban J connectivity index is 1.51. The quantitative estimate of drug-likeness (QED) is 0.195. The number of rotatable bonds is 4. The molecule has 3 aromatic heterocycles. The van der Waals surface area contributed by atoms with Crippen molar-refractivity contribution in [3.63, 3.8) is 0 Å². The minimum absolute atomic E-state index is 0.846. The SMILES string of the molecule is Cc1ccccc1-c1c2nc(c(-c3ccccc3C)c3ccc([nH]3)c(-c3ccccc3C)c3nc(c(-c4ccccc4C)c4ccc1[nH]4)CC3)C=C2. The first kappa shape index (κ1) is 31.7. The molecule has 0 radical (unpaired) electrons. The number of aromatic nitrogens is 4. The minimum Gasteiger partial charge on any atom is -0.354 e. The van der Waals surface area contributed by atoms with Crippen LogP contribution in [0.15, 0.2) is 121 Å². The highest BCUT2D eigenvalue weighted by Gasteiger charge is 2.22. The molecular weight excluding hydrogens is 633 g/mol. The molecule has 0 atom stereocenters. The van der Waals surface area contributed by atoms with Crippen LogP contribution in [-0.4, -0.2) is 19.9 Å². The Kier molecular flexibility index (Phi) is 7.81. The molecule has 0 fully saturated rings. The van der Waals surface area contributed by atoms with Crippen LogP contribution in [0.4, 0.5) is 0 Å². The largest absolute Gasteiger partial charge is 0.354 e. The number of nitrogens with zero attached hydrogens (tertiary/aromatic N) is 2. The molecule has 0 unspecified atom stereocenters. The van der Waals surface area contributed by atoms with Crippen molar-refractivity contribution in [2.24, 2.45) is 0 Å². The van der Waals surface area contributed by atoms with Crippen LogP contribution in [0.1, 0.15) is 45.0 Å². The molecule has 2 N–H and O–H groups in total. The van der Waals surface area contributed by atoms with Crippen molar-refractivity contribution in [3.05, 3.63) is 166 Å². The van der Waals surface area contributed by atoms with Gasteiger partial charge in [-0.2, -0.15) is 0 Å². The van der Waals surface area contributed by atoms with Crippen LogP contribution in [0, 0.1) is 27.7 Å². The molecule has 8 bridgehead atoms. The lowest BCUT2D eigenvalue weighted by Gasteiger charge is -2.10. The summed E-state index contributed by atoms with van der Waals surface area (Å²) in [4.78, 5) is 18.9. The normalized spacial score (nSPS) is 12.4. The van der Waals surface area contributed by atoms with Gasteiger partial charge in [0.2, 0.25) is 0 Å². The first-order valence-corrected chi connectivity index (χ1v) is 18.1. The summed E-state index contributed by atoms with van der Waals surface area (Å²) in [6.45, 7) is 8.75. The summed E-state index contributed by atoms with van der Waals surface area (Å²) < 4.78 is 0. The van der Waals surface area contributed by atoms with Crippen LogP contribution >= 0.6 is 0 Å². The molecule has 4 nitrogen and oxygen atoms in total. The topological polar surface area (TPSA) is 57.4 Å². The lowest BCUT2D eigenvalue weighted by molar-refractivity contribution is 1.03. The van der Waals surface area contributed by atoms with E-state index in [4.69, 9.17) is 9.97 Å². The van der Waals surface area contributed by atoms with Crippen LogP contribution in [0.5, 0.6) is 0 Å². The molecule has 0 spiro atoms. The average Bonchev–Trinajstić information content (AvgIpc) is 3.99. The Bertz CT molecular complexity index is 2560. The van der Waals surface area contributed by atoms with E-state index >= 15 is 0 Å². The maximum atomic E-state index is 5.57. The summed E-state index contributed by atoms with van der Waals surface area (Å²) in [5.41, 5.74) is 22.2. The Hall–Kier alpha value is -6.26. The lowest BCUT2D eigenvalue weighted by atomic mass is 9.97. The molecule has 0 aliphatic carbocycles. The summed E-state index contributed by atoms with van der Waals surface area (Å²) >= 11 is 0. The molecule has 2 aliphatic rings. The number of hydrogen-bond donors (Lipinski definition) is 2. The van der Waals surface area contributed by atoms with Gasteiger partial charge in [-0.1, -0.05) is 97.1 Å². The van der Waals surface area contributed by atoms with E-state index in [9.17, 15) is 0 Å². The summed E-state index contributed by atoms with van der Waals surface area (Å²) in [5, 5.41) is 0. The fraction of sp³-hybridized carbons (Fsp3) is 0.125. The molecule has 5 heterocycles. The standard InChI is InChI=1S/C48H40N4/c1-29-13-5-9-17-33(29)45-37-21-23-39(49-37)46(34-18-10-6-14-30(34)2)41-25-27-43(51-41)48(36-20-12-8-16-32(36)4)44-28-26-42(52-44)47(40-24-22-38(45)50-40)35-19-11-7-15-31(35)3/h5-25,27,50-51H,26,28H2,1-4H3. The third kappa shape index (κ3) is 5.39. The maximum absolute atomic E-state index is 5.57. The zero-order chi connectivity index (χ0) is 35.3. The third-order valence-electron chi connectivity index (χ3n) is 10.7. The van der Waals surface area contributed by atoms with Gasteiger partial charge in [0.05, 0.1) is 22.8 Å². The second-order valence-electron chi connectivity index (χ2n) is 14.1. The Labute approximate surface area is 304 Å². The predicted octanol–water partition coefficient (Wildman–Crippen LogP) is 12.2. The smallest absolute Gasteiger partial charge is 0.0737 e. The van der Waals surface area contributed by atoms with Crippen LogP contribution in [0.25, 0.3) is 78.7 Å². The summed E-state index contributed by atoms with van der Waals surface area (Å²) in [6, 6.07) is 43.4. The van der Waals surface area contributed by atoms with Gasteiger partial charge in [0.1, 0.15) is 0 Å². The monoisotopic (exact) mass is 672 g/mol. The fourth-order valence-electron chi connectivity index (χ4n) is 8.06. The summed E-state index contributed by atoms with van der Waals surface area (Å²) in [6.07, 6.45) is 6.05. The number of hydrogen-bond acceptors (Lipinski definition) is 2. The van der Waals surface area contributed by atoms with Gasteiger partial charge in [0, 0.05) is 44.3 Å². The molecule has 0 saturated heterocycles. The third-order valence-corrected chi connectivity index (χ3v) is 10.7. The van der Waals surface area contributed by atoms with Gasteiger partial charge in [-0.15, -0.1) is 0 Å². The van der Waals surface area contributed by atoms with E-state index in [-0.39, 0.29) is 0 Å². The van der Waals surface area contributed by atoms with Gasteiger partial charge in [-0.25, -0.2) is 4.98 Å². The molecule has 0 saturated carbocycles. The van der Waals surface area contributed by atoms with Crippen LogP contribution in [0.3, 0.4) is 0 Å². The van der Waals surface area contributed by atoms with Crippen LogP contribution in [-0.2, 0) is 12.8 Å². The highest BCUT2D eigenvalue weighted by atomic mass is 14.8. The molecule has 4 aromatic carbocycles. The Morgan fingerprint density at radius 2 is 0.673 bits per heavy atom.